The molecule has 1 saturated heterocycles. The Morgan fingerprint density at radius 1 is 1.14 bits per heavy atom. The molecule has 1 spiro atoms. The molecular weight excluding hydrogens is 601 g/mol. The van der Waals surface area contributed by atoms with Crippen LogP contribution in [0.1, 0.15) is 47.7 Å². The Kier molecular flexibility index (Phi) is 8.15. The molecule has 3 aromatic rings. The zero-order chi connectivity index (χ0) is 31.3. The lowest BCUT2D eigenvalue weighted by Gasteiger charge is -2.38. The van der Waals surface area contributed by atoms with Gasteiger partial charge in [0.25, 0.3) is 0 Å². The first-order valence-electron chi connectivity index (χ1n) is 13.5. The van der Waals surface area contributed by atoms with Gasteiger partial charge in [0, 0.05) is 28.2 Å². The van der Waals surface area contributed by atoms with Gasteiger partial charge in [0.2, 0.25) is 17.7 Å². The molecular formula is C31H30Cl2F2N4O4. The van der Waals surface area contributed by atoms with Gasteiger partial charge in [-0.1, -0.05) is 55.2 Å². The van der Waals surface area contributed by atoms with E-state index < -0.39 is 59.0 Å². The minimum absolute atomic E-state index is 0.0368. The van der Waals surface area contributed by atoms with Gasteiger partial charge in [0.1, 0.15) is 17.0 Å². The molecule has 12 heteroatoms. The van der Waals surface area contributed by atoms with Crippen LogP contribution in [0.15, 0.2) is 54.6 Å². The van der Waals surface area contributed by atoms with Crippen molar-refractivity contribution < 1.29 is 27.9 Å². The lowest BCUT2D eigenvalue weighted by Crippen LogP contribution is -2.50. The molecule has 4 unspecified atom stereocenters. The lowest BCUT2D eigenvalue weighted by molar-refractivity contribution is -0.122. The molecule has 5 rings (SSSR count). The SMILES string of the molecule is COc1cc(C(N)=O)ccc1NC(=O)C1NC(CC(C)(C)CF)C2(C(=O)Nc3cc(Cl)ccc32)C1c1cccc(Cl)c1F. The highest BCUT2D eigenvalue weighted by Gasteiger charge is 2.66. The number of fused-ring (bicyclic) bond motifs is 2. The first-order valence-corrected chi connectivity index (χ1v) is 14.3. The van der Waals surface area contributed by atoms with E-state index in [1.807, 2.05) is 0 Å². The fourth-order valence-corrected chi connectivity index (χ4v) is 6.66. The predicted octanol–water partition coefficient (Wildman–Crippen LogP) is 5.58. The van der Waals surface area contributed by atoms with Gasteiger partial charge in [-0.3, -0.25) is 18.8 Å². The molecule has 3 aromatic carbocycles. The van der Waals surface area contributed by atoms with Crippen molar-refractivity contribution in [1.82, 2.24) is 5.32 Å². The summed E-state index contributed by atoms with van der Waals surface area (Å²) in [5, 5.41) is 9.14. The van der Waals surface area contributed by atoms with E-state index >= 15 is 4.39 Å². The second-order valence-electron chi connectivity index (χ2n) is 11.6. The summed E-state index contributed by atoms with van der Waals surface area (Å²) in [5.74, 6) is -3.54. The van der Waals surface area contributed by atoms with Crippen LogP contribution in [0.25, 0.3) is 0 Å². The van der Waals surface area contributed by atoms with Crippen LogP contribution in [0.4, 0.5) is 20.2 Å². The minimum Gasteiger partial charge on any atom is -0.495 e. The molecule has 0 radical (unpaired) electrons. The Bertz CT molecular complexity index is 1640. The van der Waals surface area contributed by atoms with Gasteiger partial charge in [0.15, 0.2) is 0 Å². The van der Waals surface area contributed by atoms with Crippen molar-refractivity contribution in [3.8, 4) is 5.75 Å². The Morgan fingerprint density at radius 3 is 2.56 bits per heavy atom. The van der Waals surface area contributed by atoms with Gasteiger partial charge in [-0.05, 0) is 59.4 Å². The standard InChI is InChI=1S/C31H30Cl2F2N4O4/c1-30(2,14-34)13-23-31(18-9-8-16(32)12-21(18)38-29(31)42)24(17-5-4-6-19(33)25(17)35)26(39-23)28(41)37-20-10-7-15(27(36)40)11-22(20)43-3/h4-12,23-24,26,39H,13-14H2,1-3H3,(H2,36,40)(H,37,41)(H,38,42). The summed E-state index contributed by atoms with van der Waals surface area (Å²) in [6.07, 6.45) is 0.123. The van der Waals surface area contributed by atoms with Gasteiger partial charge >= 0.3 is 0 Å². The number of benzene rings is 3. The molecule has 2 heterocycles. The maximum Gasteiger partial charge on any atom is 0.248 e. The van der Waals surface area contributed by atoms with E-state index in [4.69, 9.17) is 33.7 Å². The zero-order valence-electron chi connectivity index (χ0n) is 23.6. The second kappa shape index (κ2) is 11.4. The van der Waals surface area contributed by atoms with Crippen molar-refractivity contribution in [2.45, 2.75) is 43.7 Å². The van der Waals surface area contributed by atoms with Gasteiger partial charge in [0.05, 0.1) is 30.5 Å². The van der Waals surface area contributed by atoms with Crippen molar-refractivity contribution in [2.24, 2.45) is 11.1 Å². The first-order chi connectivity index (χ1) is 20.3. The van der Waals surface area contributed by atoms with Gasteiger partial charge in [-0.15, -0.1) is 0 Å². The van der Waals surface area contributed by atoms with Crippen molar-refractivity contribution in [3.05, 3.63) is 87.2 Å². The van der Waals surface area contributed by atoms with E-state index in [-0.39, 0.29) is 34.0 Å². The van der Waals surface area contributed by atoms with Crippen molar-refractivity contribution >= 4 is 52.3 Å². The van der Waals surface area contributed by atoms with E-state index in [0.717, 1.165) is 0 Å². The lowest BCUT2D eigenvalue weighted by atomic mass is 9.62. The Morgan fingerprint density at radius 2 is 1.88 bits per heavy atom. The van der Waals surface area contributed by atoms with Crippen LogP contribution in [-0.4, -0.2) is 43.6 Å². The number of nitrogens with one attached hydrogen (secondary N) is 3. The highest BCUT2D eigenvalue weighted by molar-refractivity contribution is 6.31. The number of halogens is 4. The van der Waals surface area contributed by atoms with E-state index in [0.29, 0.717) is 16.3 Å². The van der Waals surface area contributed by atoms with Crippen molar-refractivity contribution in [2.75, 3.05) is 24.4 Å². The quantitative estimate of drug-likeness (QED) is 0.259. The first kappa shape index (κ1) is 30.7. The monoisotopic (exact) mass is 630 g/mol. The summed E-state index contributed by atoms with van der Waals surface area (Å²) in [6.45, 7) is 2.73. The summed E-state index contributed by atoms with van der Waals surface area (Å²) in [4.78, 5) is 40.1. The maximum absolute atomic E-state index is 15.9. The highest BCUT2D eigenvalue weighted by atomic mass is 35.5. The van der Waals surface area contributed by atoms with Gasteiger partial charge in [-0.25, -0.2) is 4.39 Å². The molecule has 1 fully saturated rings. The second-order valence-corrected chi connectivity index (χ2v) is 12.4. The molecule has 2 aliphatic rings. The molecule has 5 N–H and O–H groups in total. The number of hydrogen-bond donors (Lipinski definition) is 4. The van der Waals surface area contributed by atoms with E-state index in [9.17, 15) is 18.8 Å². The third-order valence-electron chi connectivity index (χ3n) is 8.27. The summed E-state index contributed by atoms with van der Waals surface area (Å²) < 4.78 is 35.5. The average molecular weight is 632 g/mol. The fraction of sp³-hybridized carbons (Fsp3) is 0.323. The molecule has 43 heavy (non-hydrogen) atoms. The number of alkyl halides is 1. The number of carbonyl (C=O) groups excluding carboxylic acids is 3. The fourth-order valence-electron chi connectivity index (χ4n) is 6.31. The number of primary amides is 1. The average Bonchev–Trinajstić information content (AvgIpc) is 3.44. The van der Waals surface area contributed by atoms with E-state index in [1.54, 1.807) is 38.1 Å². The van der Waals surface area contributed by atoms with E-state index in [1.165, 1.54) is 37.4 Å². The predicted molar refractivity (Wildman–Crippen MR) is 161 cm³/mol. The Hall–Kier alpha value is -3.73. The highest BCUT2D eigenvalue weighted by Crippen LogP contribution is 2.57. The summed E-state index contributed by atoms with van der Waals surface area (Å²) >= 11 is 12.5. The third kappa shape index (κ3) is 5.21. The zero-order valence-corrected chi connectivity index (χ0v) is 25.1. The number of amides is 3. The minimum atomic E-state index is -1.56. The van der Waals surface area contributed by atoms with Crippen LogP contribution in [0, 0.1) is 11.2 Å². The smallest absolute Gasteiger partial charge is 0.248 e. The van der Waals surface area contributed by atoms with Crippen LogP contribution >= 0.6 is 23.2 Å². The summed E-state index contributed by atoms with van der Waals surface area (Å²) in [7, 11) is 1.36. The number of hydrogen-bond acceptors (Lipinski definition) is 5. The number of methoxy groups -OCH3 is 1. The van der Waals surface area contributed by atoms with Crippen LogP contribution < -0.4 is 26.4 Å². The molecule has 4 atom stereocenters. The molecule has 226 valence electrons. The number of ether oxygens (including phenoxy) is 1. The normalized spacial score (nSPS) is 22.8. The van der Waals surface area contributed by atoms with Crippen LogP contribution in [0.3, 0.4) is 0 Å². The topological polar surface area (TPSA) is 123 Å². The molecule has 2 aliphatic heterocycles. The number of nitrogens with two attached hydrogens (primary N) is 1. The largest absolute Gasteiger partial charge is 0.495 e. The Labute approximate surface area is 257 Å². The molecule has 8 nitrogen and oxygen atoms in total. The van der Waals surface area contributed by atoms with Crippen molar-refractivity contribution in [3.63, 3.8) is 0 Å². The molecule has 3 amide bonds. The number of carbonyl (C=O) groups is 3. The van der Waals surface area contributed by atoms with Crippen LogP contribution in [0.2, 0.25) is 10.0 Å². The molecule has 0 saturated carbocycles. The van der Waals surface area contributed by atoms with Gasteiger partial charge in [-0.2, -0.15) is 0 Å². The molecule has 0 aliphatic carbocycles. The van der Waals surface area contributed by atoms with Crippen molar-refractivity contribution in [1.29, 1.82) is 0 Å². The molecule has 0 aromatic heterocycles. The number of anilines is 2. The Balaban J connectivity index is 1.71. The summed E-state index contributed by atoms with van der Waals surface area (Å²) in [6, 6.07) is 11.5. The van der Waals surface area contributed by atoms with Crippen LogP contribution in [0.5, 0.6) is 5.75 Å². The maximum atomic E-state index is 15.9. The molecule has 0 bridgehead atoms. The van der Waals surface area contributed by atoms with Gasteiger partial charge < -0.3 is 26.4 Å². The van der Waals surface area contributed by atoms with E-state index in [2.05, 4.69) is 16.0 Å². The van der Waals surface area contributed by atoms with Crippen LogP contribution in [-0.2, 0) is 15.0 Å². The number of rotatable bonds is 8. The third-order valence-corrected chi connectivity index (χ3v) is 8.79. The summed E-state index contributed by atoms with van der Waals surface area (Å²) in [5.41, 5.74) is 4.26.